The average Bonchev–Trinajstić information content (AvgIpc) is 3.39. The van der Waals surface area contributed by atoms with Gasteiger partial charge in [-0.3, -0.25) is 4.57 Å². The van der Waals surface area contributed by atoms with E-state index in [0.29, 0.717) is 15.7 Å². The highest BCUT2D eigenvalue weighted by molar-refractivity contribution is 7.15. The van der Waals surface area contributed by atoms with Crippen LogP contribution in [0.5, 0.6) is 0 Å². The van der Waals surface area contributed by atoms with Crippen molar-refractivity contribution in [2.24, 2.45) is 0 Å². The Balaban J connectivity index is 1.70. The second-order valence-electron chi connectivity index (χ2n) is 7.72. The van der Waals surface area contributed by atoms with Gasteiger partial charge in [0.05, 0.1) is 23.5 Å². The van der Waals surface area contributed by atoms with Crippen LogP contribution >= 0.6 is 22.9 Å². The summed E-state index contributed by atoms with van der Waals surface area (Å²) in [6, 6.07) is 8.48. The van der Waals surface area contributed by atoms with Crippen LogP contribution in [-0.4, -0.2) is 36.7 Å². The molecule has 37 heavy (non-hydrogen) atoms. The Morgan fingerprint density at radius 2 is 1.73 bits per heavy atom. The smallest absolute Gasteiger partial charge is 0.382 e. The standard InChI is InChI=1S/C22H14ClF7N4O2S/c23-12-6-4-11(5-7-12)19-32-34(20(36)33(19)9-16(35)22(28,29)30)10-17-31-8-15(37-17)13-2-1-3-14(18(13)24)21(25,26)27/h1-8,16,35H,9-10H2/t16-/m0/s1. The molecule has 0 saturated carbocycles. The highest BCUT2D eigenvalue weighted by Gasteiger charge is 2.39. The molecule has 15 heteroatoms. The quantitative estimate of drug-likeness (QED) is 0.308. The Kier molecular flexibility index (Phi) is 7.18. The first-order valence-electron chi connectivity index (χ1n) is 10.2. The molecule has 1 N–H and O–H groups in total. The Morgan fingerprint density at radius 1 is 1.05 bits per heavy atom. The molecule has 0 aliphatic heterocycles. The summed E-state index contributed by atoms with van der Waals surface area (Å²) in [6.07, 6.45) is -11.6. The van der Waals surface area contributed by atoms with Gasteiger partial charge in [0.1, 0.15) is 10.8 Å². The number of alkyl halides is 6. The highest BCUT2D eigenvalue weighted by Crippen LogP contribution is 2.37. The van der Waals surface area contributed by atoms with Gasteiger partial charge in [0, 0.05) is 22.3 Å². The van der Waals surface area contributed by atoms with Crippen LogP contribution in [-0.2, 0) is 19.3 Å². The van der Waals surface area contributed by atoms with Gasteiger partial charge in [-0.2, -0.15) is 26.3 Å². The normalized spacial score (nSPS) is 13.2. The van der Waals surface area contributed by atoms with Crippen molar-refractivity contribution in [3.8, 4) is 21.8 Å². The second-order valence-corrected chi connectivity index (χ2v) is 9.27. The van der Waals surface area contributed by atoms with E-state index in [9.17, 15) is 40.6 Å². The Bertz CT molecular complexity index is 1480. The molecule has 4 rings (SSSR count). The van der Waals surface area contributed by atoms with Crippen molar-refractivity contribution in [3.63, 3.8) is 0 Å². The third-order valence-electron chi connectivity index (χ3n) is 5.17. The van der Waals surface area contributed by atoms with E-state index < -0.39 is 42.1 Å². The fourth-order valence-corrected chi connectivity index (χ4v) is 4.42. The third-order valence-corrected chi connectivity index (χ3v) is 6.43. The van der Waals surface area contributed by atoms with Crippen molar-refractivity contribution in [1.29, 1.82) is 0 Å². The van der Waals surface area contributed by atoms with Crippen molar-refractivity contribution in [3.05, 3.63) is 80.6 Å². The molecular formula is C22H14ClF7N4O2S. The van der Waals surface area contributed by atoms with Gasteiger partial charge in [0.2, 0.25) is 0 Å². The van der Waals surface area contributed by atoms with Crippen molar-refractivity contribution >= 4 is 22.9 Å². The average molecular weight is 567 g/mol. The predicted molar refractivity (Wildman–Crippen MR) is 121 cm³/mol. The molecule has 0 aliphatic carbocycles. The molecule has 1 atom stereocenters. The summed E-state index contributed by atoms with van der Waals surface area (Å²) < 4.78 is 94.1. The molecule has 0 aliphatic rings. The van der Waals surface area contributed by atoms with Crippen LogP contribution in [0.1, 0.15) is 10.6 Å². The van der Waals surface area contributed by atoms with Crippen molar-refractivity contribution in [1.82, 2.24) is 19.3 Å². The number of hydrogen-bond acceptors (Lipinski definition) is 5. The lowest BCUT2D eigenvalue weighted by atomic mass is 10.1. The first kappa shape index (κ1) is 26.8. The summed E-state index contributed by atoms with van der Waals surface area (Å²) in [7, 11) is 0. The van der Waals surface area contributed by atoms with E-state index in [1.54, 1.807) is 0 Å². The lowest BCUT2D eigenvalue weighted by Crippen LogP contribution is -2.37. The van der Waals surface area contributed by atoms with E-state index in [2.05, 4.69) is 10.1 Å². The summed E-state index contributed by atoms with van der Waals surface area (Å²) >= 11 is 6.63. The number of aromatic nitrogens is 4. The zero-order valence-electron chi connectivity index (χ0n) is 18.2. The maximum atomic E-state index is 14.5. The van der Waals surface area contributed by atoms with Crippen molar-refractivity contribution in [2.75, 3.05) is 0 Å². The van der Waals surface area contributed by atoms with E-state index in [0.717, 1.165) is 34.3 Å². The van der Waals surface area contributed by atoms with Crippen LogP contribution in [0.15, 0.2) is 53.5 Å². The molecule has 0 radical (unpaired) electrons. The van der Waals surface area contributed by atoms with Crippen molar-refractivity contribution in [2.45, 2.75) is 31.5 Å². The topological polar surface area (TPSA) is 72.9 Å². The van der Waals surface area contributed by atoms with Crippen LogP contribution in [0.25, 0.3) is 21.8 Å². The first-order chi connectivity index (χ1) is 17.3. The van der Waals surface area contributed by atoms with Gasteiger partial charge >= 0.3 is 18.0 Å². The van der Waals surface area contributed by atoms with Gasteiger partial charge in [0.15, 0.2) is 11.9 Å². The largest absolute Gasteiger partial charge is 0.419 e. The SMILES string of the molecule is O=c1n(Cc2ncc(-c3cccc(C(F)(F)F)c3F)s2)nc(-c2ccc(Cl)cc2)n1C[C@H](O)C(F)(F)F. The minimum absolute atomic E-state index is 0.0384. The minimum Gasteiger partial charge on any atom is -0.382 e. The van der Waals surface area contributed by atoms with E-state index in [1.807, 2.05) is 0 Å². The lowest BCUT2D eigenvalue weighted by molar-refractivity contribution is -0.207. The van der Waals surface area contributed by atoms with E-state index in [-0.39, 0.29) is 33.4 Å². The van der Waals surface area contributed by atoms with Gasteiger partial charge in [-0.05, 0) is 30.3 Å². The Hall–Kier alpha value is -3.23. The van der Waals surface area contributed by atoms with Crippen LogP contribution in [0.4, 0.5) is 30.7 Å². The van der Waals surface area contributed by atoms with E-state index >= 15 is 0 Å². The number of hydrogen-bond donors (Lipinski definition) is 1. The fraction of sp³-hybridized carbons (Fsp3) is 0.227. The molecule has 0 fully saturated rings. The molecule has 2 aromatic heterocycles. The minimum atomic E-state index is -5.00. The molecule has 0 bridgehead atoms. The van der Waals surface area contributed by atoms with Gasteiger partial charge < -0.3 is 5.11 Å². The third kappa shape index (κ3) is 5.70. The number of halogens is 8. The van der Waals surface area contributed by atoms with Gasteiger partial charge in [-0.25, -0.2) is 18.9 Å². The molecular weight excluding hydrogens is 553 g/mol. The highest BCUT2D eigenvalue weighted by atomic mass is 35.5. The van der Waals surface area contributed by atoms with Gasteiger partial charge in [-0.1, -0.05) is 23.7 Å². The zero-order chi connectivity index (χ0) is 27.1. The molecule has 6 nitrogen and oxygen atoms in total. The second kappa shape index (κ2) is 9.91. The molecule has 0 saturated heterocycles. The lowest BCUT2D eigenvalue weighted by Gasteiger charge is -2.15. The number of aliphatic hydroxyl groups excluding tert-OH is 1. The van der Waals surface area contributed by atoms with E-state index in [1.165, 1.54) is 24.3 Å². The zero-order valence-corrected chi connectivity index (χ0v) is 19.8. The van der Waals surface area contributed by atoms with Crippen LogP contribution in [0.2, 0.25) is 5.02 Å². The van der Waals surface area contributed by atoms with Crippen LogP contribution < -0.4 is 5.69 Å². The molecule has 196 valence electrons. The Morgan fingerprint density at radius 3 is 2.35 bits per heavy atom. The summed E-state index contributed by atoms with van der Waals surface area (Å²) in [5.41, 5.74) is -2.58. The summed E-state index contributed by atoms with van der Waals surface area (Å²) in [4.78, 5) is 17.0. The fourth-order valence-electron chi connectivity index (χ4n) is 3.37. The number of thiazole rings is 1. The number of aliphatic hydroxyl groups is 1. The number of rotatable bonds is 6. The number of benzene rings is 2. The molecule has 0 amide bonds. The summed E-state index contributed by atoms with van der Waals surface area (Å²) in [5, 5.41) is 14.1. The molecule has 2 heterocycles. The number of nitrogens with zero attached hydrogens (tertiary/aromatic N) is 4. The summed E-state index contributed by atoms with van der Waals surface area (Å²) in [6.45, 7) is -1.52. The molecule has 0 unspecified atom stereocenters. The monoisotopic (exact) mass is 566 g/mol. The molecule has 4 aromatic rings. The summed E-state index contributed by atoms with van der Waals surface area (Å²) in [5.74, 6) is -1.68. The van der Waals surface area contributed by atoms with Crippen LogP contribution in [0.3, 0.4) is 0 Å². The van der Waals surface area contributed by atoms with Crippen molar-refractivity contribution < 1.29 is 35.8 Å². The Labute approximate surface area is 212 Å². The van der Waals surface area contributed by atoms with Crippen LogP contribution in [0, 0.1) is 5.82 Å². The maximum Gasteiger partial charge on any atom is 0.419 e. The maximum absolute atomic E-state index is 14.5. The first-order valence-corrected chi connectivity index (χ1v) is 11.4. The molecule has 2 aromatic carbocycles. The van der Waals surface area contributed by atoms with Gasteiger partial charge in [-0.15, -0.1) is 16.4 Å². The predicted octanol–water partition coefficient (Wildman–Crippen LogP) is 5.62. The van der Waals surface area contributed by atoms with E-state index in [4.69, 9.17) is 11.6 Å². The van der Waals surface area contributed by atoms with Gasteiger partial charge in [0.25, 0.3) is 0 Å². The molecule has 0 spiro atoms.